The van der Waals surface area contributed by atoms with Gasteiger partial charge in [-0.25, -0.2) is 0 Å². The average Bonchev–Trinajstić information content (AvgIpc) is 2.95. The molecule has 38 heavy (non-hydrogen) atoms. The molecule has 0 saturated heterocycles. The van der Waals surface area contributed by atoms with Crippen molar-refractivity contribution in [3.8, 4) is 0 Å². The van der Waals surface area contributed by atoms with E-state index in [1.165, 1.54) is 5.56 Å². The van der Waals surface area contributed by atoms with Crippen LogP contribution in [0.3, 0.4) is 0 Å². The van der Waals surface area contributed by atoms with Crippen molar-refractivity contribution in [2.45, 2.75) is 32.6 Å². The van der Waals surface area contributed by atoms with Crippen LogP contribution in [0.1, 0.15) is 52.4 Å². The van der Waals surface area contributed by atoms with Gasteiger partial charge in [0.2, 0.25) is 11.8 Å². The highest BCUT2D eigenvalue weighted by Gasteiger charge is 2.18. The maximum absolute atomic E-state index is 13.2. The number of hydrogen-bond donors (Lipinski definition) is 1. The largest absolute Gasteiger partial charge is 0.325 e. The van der Waals surface area contributed by atoms with E-state index in [1.54, 1.807) is 17.9 Å². The lowest BCUT2D eigenvalue weighted by molar-refractivity contribution is -0.117. The highest BCUT2D eigenvalue weighted by Crippen LogP contribution is 2.25. The van der Waals surface area contributed by atoms with Gasteiger partial charge in [-0.05, 0) is 53.8 Å². The molecule has 0 saturated carbocycles. The predicted molar refractivity (Wildman–Crippen MR) is 153 cm³/mol. The van der Waals surface area contributed by atoms with Crippen LogP contribution >= 0.6 is 0 Å². The Balaban J connectivity index is 1.44. The van der Waals surface area contributed by atoms with E-state index in [2.05, 4.69) is 17.4 Å². The predicted octanol–water partition coefficient (Wildman–Crippen LogP) is 6.43. The molecule has 0 aliphatic carbocycles. The molecule has 0 bridgehead atoms. The third kappa shape index (κ3) is 6.62. The first-order valence-corrected chi connectivity index (χ1v) is 12.8. The van der Waals surface area contributed by atoms with Gasteiger partial charge in [-0.3, -0.25) is 14.4 Å². The molecule has 1 N–H and O–H groups in total. The van der Waals surface area contributed by atoms with Gasteiger partial charge in [0.05, 0.1) is 5.92 Å². The maximum Gasteiger partial charge on any atom is 0.231 e. The summed E-state index contributed by atoms with van der Waals surface area (Å²) in [7, 11) is 0. The Hall–Kier alpha value is -4.51. The monoisotopic (exact) mass is 504 g/mol. The summed E-state index contributed by atoms with van der Waals surface area (Å²) in [5.74, 6) is -0.539. The zero-order valence-corrected chi connectivity index (χ0v) is 21.8. The fourth-order valence-electron chi connectivity index (χ4n) is 4.50. The number of nitrogens with one attached hydrogen (secondary N) is 1. The summed E-state index contributed by atoms with van der Waals surface area (Å²) in [6.07, 6.45) is 2.16. The number of para-hydroxylation sites is 1. The molecule has 1 unspecified atom stereocenters. The zero-order chi connectivity index (χ0) is 26.9. The Labute approximate surface area is 224 Å². The summed E-state index contributed by atoms with van der Waals surface area (Å²) in [4.78, 5) is 38.7. The molecule has 0 spiro atoms. The Morgan fingerprint density at radius 2 is 1.45 bits per heavy atom. The van der Waals surface area contributed by atoms with E-state index in [-0.39, 0.29) is 11.8 Å². The van der Waals surface area contributed by atoms with Gasteiger partial charge in [-0.2, -0.15) is 0 Å². The van der Waals surface area contributed by atoms with Crippen molar-refractivity contribution in [1.29, 1.82) is 0 Å². The van der Waals surface area contributed by atoms with E-state index in [0.717, 1.165) is 40.8 Å². The first-order chi connectivity index (χ1) is 18.5. The van der Waals surface area contributed by atoms with Crippen LogP contribution in [-0.2, 0) is 22.4 Å². The highest BCUT2D eigenvalue weighted by molar-refractivity contribution is 5.96. The van der Waals surface area contributed by atoms with E-state index >= 15 is 0 Å². The summed E-state index contributed by atoms with van der Waals surface area (Å²) in [6.45, 7) is 4.02. The lowest BCUT2D eigenvalue weighted by Gasteiger charge is -2.22. The number of benzene rings is 4. The van der Waals surface area contributed by atoms with Crippen LogP contribution < -0.4 is 10.2 Å². The lowest BCUT2D eigenvalue weighted by atomic mass is 9.97. The third-order valence-corrected chi connectivity index (χ3v) is 6.78. The van der Waals surface area contributed by atoms with Gasteiger partial charge in [0, 0.05) is 36.8 Å². The van der Waals surface area contributed by atoms with Crippen LogP contribution in [0.4, 0.5) is 11.4 Å². The minimum Gasteiger partial charge on any atom is -0.325 e. The molecule has 0 aliphatic rings. The molecule has 0 fully saturated rings. The summed E-state index contributed by atoms with van der Waals surface area (Å²) in [6, 6.07) is 32.8. The minimum absolute atomic E-state index is 0.0211. The number of rotatable bonds is 10. The molecule has 0 aromatic heterocycles. The molecule has 4 rings (SSSR count). The summed E-state index contributed by atoms with van der Waals surface area (Å²) in [5, 5.41) is 3.07. The van der Waals surface area contributed by atoms with Crippen LogP contribution in [0.5, 0.6) is 0 Å². The molecule has 4 aromatic carbocycles. The summed E-state index contributed by atoms with van der Waals surface area (Å²) >= 11 is 0. The molecular weight excluding hydrogens is 472 g/mol. The van der Waals surface area contributed by atoms with Crippen LogP contribution in [0, 0.1) is 0 Å². The summed E-state index contributed by atoms with van der Waals surface area (Å²) in [5.41, 5.74) is 6.07. The van der Waals surface area contributed by atoms with Crippen molar-refractivity contribution < 1.29 is 14.4 Å². The van der Waals surface area contributed by atoms with Crippen molar-refractivity contribution in [3.63, 3.8) is 0 Å². The molecule has 0 heterocycles. The van der Waals surface area contributed by atoms with Gasteiger partial charge in [0.25, 0.3) is 0 Å². The van der Waals surface area contributed by atoms with E-state index < -0.39 is 5.92 Å². The molecular formula is C33H32N2O3. The van der Waals surface area contributed by atoms with Crippen LogP contribution in [-0.4, -0.2) is 24.6 Å². The second kappa shape index (κ2) is 12.6. The number of nitrogens with zero attached hydrogens (tertiary/aromatic N) is 1. The molecule has 0 radical (unpaired) electrons. The van der Waals surface area contributed by atoms with Gasteiger partial charge in [0.1, 0.15) is 6.29 Å². The number of hydrogen-bond acceptors (Lipinski definition) is 3. The second-order valence-electron chi connectivity index (χ2n) is 9.36. The normalized spacial score (nSPS) is 11.4. The SMILES string of the molecule is CC(=O)N(CCc1ccccc1)c1ccc(C(C)C(=O)Nc2ccccc2Cc2ccccc2C=O)cc1. The van der Waals surface area contributed by atoms with Crippen LogP contribution in [0.2, 0.25) is 0 Å². The molecule has 5 heteroatoms. The van der Waals surface area contributed by atoms with Gasteiger partial charge < -0.3 is 10.2 Å². The van der Waals surface area contributed by atoms with E-state index in [4.69, 9.17) is 0 Å². The molecule has 0 aliphatic heterocycles. The zero-order valence-electron chi connectivity index (χ0n) is 21.8. The fourth-order valence-corrected chi connectivity index (χ4v) is 4.50. The highest BCUT2D eigenvalue weighted by atomic mass is 16.2. The van der Waals surface area contributed by atoms with Gasteiger partial charge in [-0.1, -0.05) is 84.9 Å². The smallest absolute Gasteiger partial charge is 0.231 e. The van der Waals surface area contributed by atoms with Gasteiger partial charge in [0.15, 0.2) is 0 Å². The molecule has 2 amide bonds. The van der Waals surface area contributed by atoms with E-state index in [1.807, 2.05) is 91.9 Å². The number of anilines is 2. The van der Waals surface area contributed by atoms with E-state index in [0.29, 0.717) is 18.5 Å². The molecule has 4 aromatic rings. The van der Waals surface area contributed by atoms with Crippen LogP contribution in [0.15, 0.2) is 103 Å². The fraction of sp³-hybridized carbons (Fsp3) is 0.182. The first-order valence-electron chi connectivity index (χ1n) is 12.8. The Morgan fingerprint density at radius 3 is 2.13 bits per heavy atom. The van der Waals surface area contributed by atoms with Crippen molar-refractivity contribution in [2.75, 3.05) is 16.8 Å². The number of aldehydes is 1. The maximum atomic E-state index is 13.2. The third-order valence-electron chi connectivity index (χ3n) is 6.78. The molecule has 1 atom stereocenters. The Bertz CT molecular complexity index is 1400. The second-order valence-corrected chi connectivity index (χ2v) is 9.36. The number of carbonyl (C=O) groups is 3. The number of carbonyl (C=O) groups excluding carboxylic acids is 3. The van der Waals surface area contributed by atoms with Crippen molar-refractivity contribution >= 4 is 29.5 Å². The van der Waals surface area contributed by atoms with E-state index in [9.17, 15) is 14.4 Å². The standard InChI is InChI=1S/C33H32N2O3/c1-24(27-16-18-31(19-17-27)35(25(2)37)21-20-26-10-4-3-5-11-26)33(38)34-32-15-9-8-13-29(32)22-28-12-6-7-14-30(28)23-36/h3-19,23-24H,20-22H2,1-2H3,(H,34,38). The topological polar surface area (TPSA) is 66.5 Å². The molecule has 192 valence electrons. The quantitative estimate of drug-likeness (QED) is 0.253. The first kappa shape index (κ1) is 26.6. The van der Waals surface area contributed by atoms with Gasteiger partial charge in [-0.15, -0.1) is 0 Å². The van der Waals surface area contributed by atoms with Gasteiger partial charge >= 0.3 is 0 Å². The number of amides is 2. The summed E-state index contributed by atoms with van der Waals surface area (Å²) < 4.78 is 0. The Morgan fingerprint density at radius 1 is 0.816 bits per heavy atom. The molecule has 5 nitrogen and oxygen atoms in total. The average molecular weight is 505 g/mol. The van der Waals surface area contributed by atoms with Crippen molar-refractivity contribution in [2.24, 2.45) is 0 Å². The van der Waals surface area contributed by atoms with Crippen molar-refractivity contribution in [1.82, 2.24) is 0 Å². The Kier molecular flexibility index (Phi) is 8.83. The lowest BCUT2D eigenvalue weighted by Crippen LogP contribution is -2.30. The minimum atomic E-state index is -0.394. The van der Waals surface area contributed by atoms with Crippen molar-refractivity contribution in [3.05, 3.63) is 131 Å². The van der Waals surface area contributed by atoms with Crippen LogP contribution in [0.25, 0.3) is 0 Å².